The van der Waals surface area contributed by atoms with E-state index in [0.29, 0.717) is 37.5 Å². The van der Waals surface area contributed by atoms with Crippen molar-refractivity contribution in [1.29, 1.82) is 0 Å². The van der Waals surface area contributed by atoms with Crippen molar-refractivity contribution in [3.05, 3.63) is 29.8 Å². The van der Waals surface area contributed by atoms with Crippen LogP contribution in [-0.2, 0) is 14.8 Å². The molecule has 0 spiro atoms. The fraction of sp³-hybridized carbons (Fsp3) is 0.556. The number of carboxylic acid groups (broad SMARTS) is 1. The Kier molecular flexibility index (Phi) is 5.34. The smallest absolute Gasteiger partial charge is 0.308 e. The normalized spacial score (nSPS) is 24.6. The Labute approximate surface area is 153 Å². The lowest BCUT2D eigenvalue weighted by atomic mass is 10.0. The maximum Gasteiger partial charge on any atom is 0.308 e. The maximum absolute atomic E-state index is 12.8. The summed E-state index contributed by atoms with van der Waals surface area (Å²) < 4.78 is 27.0. The van der Waals surface area contributed by atoms with E-state index >= 15 is 0 Å². The van der Waals surface area contributed by atoms with Gasteiger partial charge in [-0.2, -0.15) is 4.31 Å². The predicted molar refractivity (Wildman–Crippen MR) is 95.2 cm³/mol. The summed E-state index contributed by atoms with van der Waals surface area (Å²) in [5.74, 6) is -1.33. The number of piperidine rings is 1. The van der Waals surface area contributed by atoms with Crippen LogP contribution in [0.3, 0.4) is 0 Å². The van der Waals surface area contributed by atoms with E-state index in [1.54, 1.807) is 0 Å². The van der Waals surface area contributed by atoms with Crippen LogP contribution in [0.1, 0.15) is 36.5 Å². The third-order valence-electron chi connectivity index (χ3n) is 5.18. The molecule has 1 aromatic rings. The molecule has 0 saturated carbocycles. The minimum atomic E-state index is -3.55. The number of aliphatic carboxylic acids is 1. The SMILES string of the molecule is CC1CCCN(S(=O)(=O)c2ccc(C(=O)N3CCC(C(=O)O)C3)cc2)C1. The van der Waals surface area contributed by atoms with E-state index in [-0.39, 0.29) is 17.3 Å². The summed E-state index contributed by atoms with van der Waals surface area (Å²) in [6, 6.07) is 5.95. The second-order valence-electron chi connectivity index (χ2n) is 7.21. The lowest BCUT2D eigenvalue weighted by Gasteiger charge is -2.30. The van der Waals surface area contributed by atoms with Gasteiger partial charge in [0.05, 0.1) is 10.8 Å². The Morgan fingerprint density at radius 1 is 1.08 bits per heavy atom. The Morgan fingerprint density at radius 3 is 2.35 bits per heavy atom. The molecule has 3 rings (SSSR count). The fourth-order valence-corrected chi connectivity index (χ4v) is 5.21. The second-order valence-corrected chi connectivity index (χ2v) is 9.15. The fourth-order valence-electron chi connectivity index (χ4n) is 3.61. The summed E-state index contributed by atoms with van der Waals surface area (Å²) in [7, 11) is -3.55. The zero-order valence-corrected chi connectivity index (χ0v) is 15.6. The number of carbonyl (C=O) groups is 2. The Bertz CT molecular complexity index is 790. The molecule has 0 aromatic heterocycles. The van der Waals surface area contributed by atoms with Crippen LogP contribution in [-0.4, -0.2) is 60.8 Å². The Hall–Kier alpha value is -1.93. The molecular formula is C18H24N2O5S. The van der Waals surface area contributed by atoms with Crippen molar-refractivity contribution in [1.82, 2.24) is 9.21 Å². The molecule has 2 aliphatic heterocycles. The molecule has 0 bridgehead atoms. The molecule has 7 nitrogen and oxygen atoms in total. The van der Waals surface area contributed by atoms with Gasteiger partial charge in [-0.25, -0.2) is 8.42 Å². The van der Waals surface area contributed by atoms with E-state index in [9.17, 15) is 18.0 Å². The highest BCUT2D eigenvalue weighted by molar-refractivity contribution is 7.89. The minimum Gasteiger partial charge on any atom is -0.481 e. The predicted octanol–water partition coefficient (Wildman–Crippen LogP) is 1.65. The van der Waals surface area contributed by atoms with Crippen molar-refractivity contribution in [2.45, 2.75) is 31.1 Å². The first kappa shape index (κ1) is 18.8. The van der Waals surface area contributed by atoms with Crippen LogP contribution in [0, 0.1) is 11.8 Å². The summed E-state index contributed by atoms with van der Waals surface area (Å²) in [5.41, 5.74) is 0.377. The number of amides is 1. The van der Waals surface area contributed by atoms with Crippen LogP contribution in [0.15, 0.2) is 29.2 Å². The number of hydrogen-bond acceptors (Lipinski definition) is 4. The van der Waals surface area contributed by atoms with E-state index < -0.39 is 21.9 Å². The van der Waals surface area contributed by atoms with E-state index in [0.717, 1.165) is 12.8 Å². The first-order valence-corrected chi connectivity index (χ1v) is 10.4. The molecule has 0 radical (unpaired) electrons. The van der Waals surface area contributed by atoms with E-state index in [1.807, 2.05) is 6.92 Å². The van der Waals surface area contributed by atoms with Crippen molar-refractivity contribution >= 4 is 21.9 Å². The van der Waals surface area contributed by atoms with Gasteiger partial charge in [0.2, 0.25) is 10.0 Å². The first-order valence-electron chi connectivity index (χ1n) is 8.91. The first-order chi connectivity index (χ1) is 12.3. The average Bonchev–Trinajstić information content (AvgIpc) is 3.11. The van der Waals surface area contributed by atoms with Gasteiger partial charge < -0.3 is 10.0 Å². The molecule has 2 unspecified atom stereocenters. The summed E-state index contributed by atoms with van der Waals surface area (Å²) in [4.78, 5) is 25.2. The van der Waals surface area contributed by atoms with Crippen LogP contribution >= 0.6 is 0 Å². The number of benzene rings is 1. The average molecular weight is 380 g/mol. The maximum atomic E-state index is 12.8. The van der Waals surface area contributed by atoms with Gasteiger partial charge in [-0.3, -0.25) is 9.59 Å². The van der Waals surface area contributed by atoms with Crippen molar-refractivity contribution in [3.8, 4) is 0 Å². The Morgan fingerprint density at radius 2 is 1.77 bits per heavy atom. The van der Waals surface area contributed by atoms with Gasteiger partial charge in [0.15, 0.2) is 0 Å². The quantitative estimate of drug-likeness (QED) is 0.857. The van der Waals surface area contributed by atoms with Gasteiger partial charge >= 0.3 is 5.97 Å². The van der Waals surface area contributed by atoms with E-state index in [1.165, 1.54) is 33.5 Å². The molecule has 1 N–H and O–H groups in total. The molecule has 26 heavy (non-hydrogen) atoms. The molecule has 8 heteroatoms. The van der Waals surface area contributed by atoms with Crippen LogP contribution in [0.4, 0.5) is 0 Å². The van der Waals surface area contributed by atoms with Crippen LogP contribution in [0.2, 0.25) is 0 Å². The lowest BCUT2D eigenvalue weighted by Crippen LogP contribution is -2.39. The summed E-state index contributed by atoms with van der Waals surface area (Å²) in [5, 5.41) is 9.04. The lowest BCUT2D eigenvalue weighted by molar-refractivity contribution is -0.141. The van der Waals surface area contributed by atoms with E-state index in [2.05, 4.69) is 0 Å². The minimum absolute atomic E-state index is 0.188. The van der Waals surface area contributed by atoms with E-state index in [4.69, 9.17) is 5.11 Å². The molecule has 1 amide bonds. The molecule has 2 aliphatic rings. The molecule has 2 atom stereocenters. The third-order valence-corrected chi connectivity index (χ3v) is 7.06. The number of nitrogens with zero attached hydrogens (tertiary/aromatic N) is 2. The van der Waals surface area contributed by atoms with Crippen molar-refractivity contribution in [2.75, 3.05) is 26.2 Å². The highest BCUT2D eigenvalue weighted by atomic mass is 32.2. The molecular weight excluding hydrogens is 356 g/mol. The highest BCUT2D eigenvalue weighted by Crippen LogP contribution is 2.24. The zero-order valence-electron chi connectivity index (χ0n) is 14.8. The van der Waals surface area contributed by atoms with Gasteiger partial charge in [-0.15, -0.1) is 0 Å². The van der Waals surface area contributed by atoms with Gasteiger partial charge in [0.25, 0.3) is 5.91 Å². The summed E-state index contributed by atoms with van der Waals surface area (Å²) in [6.07, 6.45) is 2.34. The topological polar surface area (TPSA) is 95.0 Å². The number of rotatable bonds is 4. The zero-order chi connectivity index (χ0) is 18.9. The molecule has 2 fully saturated rings. The number of carboxylic acids is 1. The summed E-state index contributed by atoms with van der Waals surface area (Å²) in [6.45, 7) is 3.69. The van der Waals surface area contributed by atoms with Crippen molar-refractivity contribution in [2.24, 2.45) is 11.8 Å². The van der Waals surface area contributed by atoms with Crippen molar-refractivity contribution in [3.63, 3.8) is 0 Å². The largest absolute Gasteiger partial charge is 0.481 e. The number of hydrogen-bond donors (Lipinski definition) is 1. The molecule has 2 heterocycles. The second kappa shape index (κ2) is 7.36. The van der Waals surface area contributed by atoms with Gasteiger partial charge in [-0.05, 0) is 49.4 Å². The molecule has 0 aliphatic carbocycles. The monoisotopic (exact) mass is 380 g/mol. The molecule has 142 valence electrons. The third kappa shape index (κ3) is 3.76. The highest BCUT2D eigenvalue weighted by Gasteiger charge is 2.32. The van der Waals surface area contributed by atoms with Gasteiger partial charge in [0, 0.05) is 31.7 Å². The van der Waals surface area contributed by atoms with Crippen molar-refractivity contribution < 1.29 is 23.1 Å². The van der Waals surface area contributed by atoms with Crippen LogP contribution < -0.4 is 0 Å². The summed E-state index contributed by atoms with van der Waals surface area (Å²) >= 11 is 0. The van der Waals surface area contributed by atoms with Gasteiger partial charge in [0.1, 0.15) is 0 Å². The van der Waals surface area contributed by atoms with Crippen LogP contribution in [0.5, 0.6) is 0 Å². The molecule has 1 aromatic carbocycles. The number of sulfonamides is 1. The number of likely N-dealkylation sites (tertiary alicyclic amines) is 1. The molecule has 2 saturated heterocycles. The van der Waals surface area contributed by atoms with Gasteiger partial charge in [-0.1, -0.05) is 6.92 Å². The standard InChI is InChI=1S/C18H24N2O5S/c1-13-3-2-9-20(11-13)26(24,25)16-6-4-14(5-7-16)17(21)19-10-8-15(12-19)18(22)23/h4-7,13,15H,2-3,8-12H2,1H3,(H,22,23). The Balaban J connectivity index is 1.72. The van der Waals surface area contributed by atoms with Crippen LogP contribution in [0.25, 0.3) is 0 Å². The number of carbonyl (C=O) groups excluding carboxylic acids is 1.